The van der Waals surface area contributed by atoms with Gasteiger partial charge in [0.1, 0.15) is 6.33 Å². The predicted molar refractivity (Wildman–Crippen MR) is 59.1 cm³/mol. The summed E-state index contributed by atoms with van der Waals surface area (Å²) in [7, 11) is 1.65. The lowest BCUT2D eigenvalue weighted by atomic mass is 10.3. The number of rotatable bonds is 4. The van der Waals surface area contributed by atoms with Gasteiger partial charge >= 0.3 is 0 Å². The Balaban J connectivity index is 2.28. The van der Waals surface area contributed by atoms with Crippen molar-refractivity contribution in [2.75, 3.05) is 19.5 Å². The Morgan fingerprint density at radius 1 is 1.50 bits per heavy atom. The maximum atomic E-state index is 5.78. The van der Waals surface area contributed by atoms with Gasteiger partial charge in [-0.25, -0.2) is 15.0 Å². The van der Waals surface area contributed by atoms with E-state index in [2.05, 4.69) is 15.0 Å². The smallest absolute Gasteiger partial charge is 0.235 e. The van der Waals surface area contributed by atoms with E-state index in [1.165, 1.54) is 0 Å². The van der Waals surface area contributed by atoms with Crippen molar-refractivity contribution in [2.45, 2.75) is 6.42 Å². The first kappa shape index (κ1) is 10.6. The number of nitrogens with two attached hydrogens (primary N) is 1. The van der Waals surface area contributed by atoms with Crippen molar-refractivity contribution < 1.29 is 4.74 Å². The van der Waals surface area contributed by atoms with Crippen molar-refractivity contribution in [1.29, 1.82) is 0 Å². The summed E-state index contributed by atoms with van der Waals surface area (Å²) in [5.41, 5.74) is 7.15. The molecule has 16 heavy (non-hydrogen) atoms. The molecule has 0 aromatic carbocycles. The van der Waals surface area contributed by atoms with Gasteiger partial charge < -0.3 is 10.5 Å². The van der Waals surface area contributed by atoms with E-state index in [1.54, 1.807) is 36.6 Å². The SMILES string of the molecule is COCCc1nc(-n2ccnc2)ncc1N. The van der Waals surface area contributed by atoms with Crippen molar-refractivity contribution in [1.82, 2.24) is 19.5 Å². The van der Waals surface area contributed by atoms with E-state index < -0.39 is 0 Å². The van der Waals surface area contributed by atoms with Gasteiger partial charge in [-0.2, -0.15) is 0 Å². The van der Waals surface area contributed by atoms with Crippen molar-refractivity contribution >= 4 is 5.69 Å². The molecule has 0 bridgehead atoms. The van der Waals surface area contributed by atoms with Crippen molar-refractivity contribution in [3.05, 3.63) is 30.6 Å². The van der Waals surface area contributed by atoms with Gasteiger partial charge in [-0.1, -0.05) is 0 Å². The number of imidazole rings is 1. The second-order valence-electron chi connectivity index (χ2n) is 3.28. The van der Waals surface area contributed by atoms with Crippen LogP contribution < -0.4 is 5.73 Å². The first-order chi connectivity index (χ1) is 7.81. The maximum Gasteiger partial charge on any atom is 0.235 e. The van der Waals surface area contributed by atoms with Crippen LogP contribution in [0, 0.1) is 0 Å². The summed E-state index contributed by atoms with van der Waals surface area (Å²) >= 11 is 0. The third-order valence-electron chi connectivity index (χ3n) is 2.17. The third-order valence-corrected chi connectivity index (χ3v) is 2.17. The molecule has 0 aliphatic carbocycles. The van der Waals surface area contributed by atoms with Crippen LogP contribution in [0.25, 0.3) is 5.95 Å². The fourth-order valence-corrected chi connectivity index (χ4v) is 1.32. The molecule has 6 nitrogen and oxygen atoms in total. The zero-order valence-corrected chi connectivity index (χ0v) is 9.00. The molecule has 0 spiro atoms. The van der Waals surface area contributed by atoms with E-state index in [9.17, 15) is 0 Å². The number of hydrogen-bond acceptors (Lipinski definition) is 5. The van der Waals surface area contributed by atoms with Crippen molar-refractivity contribution in [2.24, 2.45) is 0 Å². The molecule has 0 unspecified atom stereocenters. The Hall–Kier alpha value is -1.95. The Kier molecular flexibility index (Phi) is 3.11. The molecule has 0 aliphatic rings. The summed E-state index contributed by atoms with van der Waals surface area (Å²) < 4.78 is 6.73. The minimum atomic E-state index is 0.567. The molecular weight excluding hydrogens is 206 g/mol. The number of hydrogen-bond donors (Lipinski definition) is 1. The second-order valence-corrected chi connectivity index (χ2v) is 3.28. The highest BCUT2D eigenvalue weighted by molar-refractivity contribution is 5.41. The molecule has 0 aliphatic heterocycles. The highest BCUT2D eigenvalue weighted by atomic mass is 16.5. The summed E-state index contributed by atoms with van der Waals surface area (Å²) in [4.78, 5) is 12.4. The minimum Gasteiger partial charge on any atom is -0.396 e. The third kappa shape index (κ3) is 2.17. The van der Waals surface area contributed by atoms with Crippen molar-refractivity contribution in [3.63, 3.8) is 0 Å². The summed E-state index contributed by atoms with van der Waals surface area (Å²) in [5, 5.41) is 0. The first-order valence-electron chi connectivity index (χ1n) is 4.90. The Labute approximate surface area is 93.1 Å². The molecule has 84 valence electrons. The zero-order chi connectivity index (χ0) is 11.4. The summed E-state index contributed by atoms with van der Waals surface area (Å²) in [6.07, 6.45) is 7.38. The van der Waals surface area contributed by atoms with Crippen molar-refractivity contribution in [3.8, 4) is 5.95 Å². The first-order valence-corrected chi connectivity index (χ1v) is 4.90. The molecule has 2 aromatic rings. The van der Waals surface area contributed by atoms with Crippen LogP contribution in [0.2, 0.25) is 0 Å². The molecule has 6 heteroatoms. The lowest BCUT2D eigenvalue weighted by Gasteiger charge is -2.06. The lowest BCUT2D eigenvalue weighted by Crippen LogP contribution is -2.07. The molecule has 2 rings (SSSR count). The van der Waals surface area contributed by atoms with Gasteiger partial charge in [-0.15, -0.1) is 0 Å². The Morgan fingerprint density at radius 2 is 2.38 bits per heavy atom. The number of nitrogens with zero attached hydrogens (tertiary/aromatic N) is 4. The minimum absolute atomic E-state index is 0.567. The van der Waals surface area contributed by atoms with Gasteiger partial charge in [0.15, 0.2) is 0 Å². The molecule has 2 heterocycles. The normalized spacial score (nSPS) is 10.6. The molecule has 0 saturated heterocycles. The molecule has 0 amide bonds. The standard InChI is InChI=1S/C10H13N5O/c1-16-5-2-9-8(11)6-13-10(14-9)15-4-3-12-7-15/h3-4,6-7H,2,5,11H2,1H3. The molecule has 2 N–H and O–H groups in total. The average molecular weight is 219 g/mol. The van der Waals surface area contributed by atoms with E-state index in [1.807, 2.05) is 0 Å². The van der Waals surface area contributed by atoms with Gasteiger partial charge in [-0.05, 0) is 0 Å². The van der Waals surface area contributed by atoms with Gasteiger partial charge in [0.2, 0.25) is 5.95 Å². The Morgan fingerprint density at radius 3 is 3.06 bits per heavy atom. The van der Waals surface area contributed by atoms with Gasteiger partial charge in [0.05, 0.1) is 24.2 Å². The number of methoxy groups -OCH3 is 1. The van der Waals surface area contributed by atoms with Crippen LogP contribution >= 0.6 is 0 Å². The fourth-order valence-electron chi connectivity index (χ4n) is 1.32. The van der Waals surface area contributed by atoms with E-state index >= 15 is 0 Å². The van der Waals surface area contributed by atoms with Crippen LogP contribution in [-0.4, -0.2) is 33.2 Å². The monoisotopic (exact) mass is 219 g/mol. The second kappa shape index (κ2) is 4.71. The summed E-state index contributed by atoms with van der Waals surface area (Å²) in [6, 6.07) is 0. The summed E-state index contributed by atoms with van der Waals surface area (Å²) in [5.74, 6) is 0.567. The van der Waals surface area contributed by atoms with Crippen LogP contribution in [0.1, 0.15) is 5.69 Å². The molecular formula is C10H13N5O. The largest absolute Gasteiger partial charge is 0.396 e. The highest BCUT2D eigenvalue weighted by Crippen LogP contribution is 2.10. The zero-order valence-electron chi connectivity index (χ0n) is 9.00. The summed E-state index contributed by atoms with van der Waals surface area (Å²) in [6.45, 7) is 0.588. The number of anilines is 1. The van der Waals surface area contributed by atoms with Crippen LogP contribution in [0.4, 0.5) is 5.69 Å². The van der Waals surface area contributed by atoms with E-state index in [-0.39, 0.29) is 0 Å². The van der Waals surface area contributed by atoms with Gasteiger partial charge in [0.25, 0.3) is 0 Å². The molecule has 0 radical (unpaired) electrons. The van der Waals surface area contributed by atoms with Gasteiger partial charge in [0, 0.05) is 25.9 Å². The lowest BCUT2D eigenvalue weighted by molar-refractivity contribution is 0.201. The molecule has 0 fully saturated rings. The van der Waals surface area contributed by atoms with Gasteiger partial charge in [-0.3, -0.25) is 4.57 Å². The van der Waals surface area contributed by atoms with Crippen LogP contribution in [0.15, 0.2) is 24.9 Å². The molecule has 2 aromatic heterocycles. The predicted octanol–water partition coefficient (Wildman–Crippen LogP) is 0.433. The quantitative estimate of drug-likeness (QED) is 0.806. The van der Waals surface area contributed by atoms with Crippen LogP contribution in [-0.2, 0) is 11.2 Å². The Bertz CT molecular complexity index is 454. The van der Waals surface area contributed by atoms with Crippen LogP contribution in [0.5, 0.6) is 0 Å². The van der Waals surface area contributed by atoms with E-state index in [0.29, 0.717) is 24.7 Å². The van der Waals surface area contributed by atoms with Crippen LogP contribution in [0.3, 0.4) is 0 Å². The number of nitrogen functional groups attached to an aromatic ring is 1. The topological polar surface area (TPSA) is 78.8 Å². The average Bonchev–Trinajstić information content (AvgIpc) is 2.81. The van der Waals surface area contributed by atoms with E-state index in [0.717, 1.165) is 5.69 Å². The fraction of sp³-hybridized carbons (Fsp3) is 0.300. The number of ether oxygens (including phenoxy) is 1. The molecule has 0 atom stereocenters. The molecule has 0 saturated carbocycles. The highest BCUT2D eigenvalue weighted by Gasteiger charge is 2.05. The number of aromatic nitrogens is 4. The van der Waals surface area contributed by atoms with E-state index in [4.69, 9.17) is 10.5 Å². The maximum absolute atomic E-state index is 5.78.